The van der Waals surface area contributed by atoms with E-state index in [1.54, 1.807) is 0 Å². The molecule has 1 N–H and O–H groups in total. The second kappa shape index (κ2) is 7.19. The van der Waals surface area contributed by atoms with Gasteiger partial charge in [0.05, 0.1) is 0 Å². The summed E-state index contributed by atoms with van der Waals surface area (Å²) >= 11 is 5.89. The molecule has 2 nitrogen and oxygen atoms in total. The summed E-state index contributed by atoms with van der Waals surface area (Å²) in [5.74, 6) is 0. The molecule has 0 atom stereocenters. The molecule has 0 unspecified atom stereocenters. The maximum Gasteiger partial charge on any atom is 0.150 e. The van der Waals surface area contributed by atoms with Crippen LogP contribution in [0.3, 0.4) is 0 Å². The average Bonchev–Trinajstić information content (AvgIpc) is 2.48. The monoisotopic (exact) mass is 299 g/mol. The molecule has 0 aliphatic carbocycles. The minimum atomic E-state index is 0.607. The molecule has 2 aromatic rings. The summed E-state index contributed by atoms with van der Waals surface area (Å²) in [4.78, 5) is 11.4. The highest BCUT2D eigenvalue weighted by Gasteiger charge is 2.07. The summed E-state index contributed by atoms with van der Waals surface area (Å²) in [5.41, 5.74) is 4.23. The van der Waals surface area contributed by atoms with Gasteiger partial charge in [0.2, 0.25) is 0 Å². The Bertz CT molecular complexity index is 647. The van der Waals surface area contributed by atoms with Crippen LogP contribution in [0.2, 0.25) is 5.02 Å². The van der Waals surface area contributed by atoms with E-state index in [2.05, 4.69) is 6.92 Å². The van der Waals surface area contributed by atoms with Crippen molar-refractivity contribution in [1.29, 1.82) is 5.41 Å². The molecule has 0 aliphatic rings. The van der Waals surface area contributed by atoms with E-state index < -0.39 is 0 Å². The summed E-state index contributed by atoms with van der Waals surface area (Å²) in [6, 6.07) is 13.3. The van der Waals surface area contributed by atoms with E-state index in [9.17, 15) is 4.79 Å². The molecule has 3 heteroatoms. The molecule has 0 fully saturated rings. The van der Waals surface area contributed by atoms with E-state index >= 15 is 0 Å². The summed E-state index contributed by atoms with van der Waals surface area (Å²) < 4.78 is 0. The lowest BCUT2D eigenvalue weighted by molar-refractivity contribution is 0.112. The van der Waals surface area contributed by atoms with E-state index in [1.165, 1.54) is 0 Å². The predicted octanol–water partition coefficient (Wildman–Crippen LogP) is 5.18. The van der Waals surface area contributed by atoms with Crippen LogP contribution in [0, 0.1) is 5.41 Å². The average molecular weight is 300 g/mol. The number of carbonyl (C=O) groups excluding carboxylic acids is 1. The van der Waals surface area contributed by atoms with Gasteiger partial charge in [-0.25, -0.2) is 0 Å². The summed E-state index contributed by atoms with van der Waals surface area (Å²) in [7, 11) is 0. The highest BCUT2D eigenvalue weighted by atomic mass is 35.5. The van der Waals surface area contributed by atoms with Gasteiger partial charge in [-0.2, -0.15) is 0 Å². The van der Waals surface area contributed by atoms with E-state index in [1.807, 2.05) is 42.5 Å². The molecular weight excluding hydrogens is 282 g/mol. The highest BCUT2D eigenvalue weighted by molar-refractivity contribution is 6.30. The second-order valence-electron chi connectivity index (χ2n) is 5.08. The Morgan fingerprint density at radius 2 is 1.90 bits per heavy atom. The molecule has 2 aromatic carbocycles. The number of nitrogens with one attached hydrogen (secondary N) is 1. The second-order valence-corrected chi connectivity index (χ2v) is 5.51. The third-order valence-corrected chi connectivity index (χ3v) is 3.62. The molecule has 0 aliphatic heterocycles. The summed E-state index contributed by atoms with van der Waals surface area (Å²) in [5, 5.41) is 8.57. The number of hydrogen-bond donors (Lipinski definition) is 1. The molecule has 0 amide bonds. The number of rotatable bonds is 6. The Morgan fingerprint density at radius 1 is 1.19 bits per heavy atom. The maximum atomic E-state index is 11.4. The minimum absolute atomic E-state index is 0.607. The summed E-state index contributed by atoms with van der Waals surface area (Å²) in [6.45, 7) is 2.06. The van der Waals surface area contributed by atoms with Crippen molar-refractivity contribution in [3.8, 4) is 11.1 Å². The SMILES string of the molecule is CCCC(=N)Cc1ccc(-c2ccc(Cl)cc2)c(C=O)c1. The lowest BCUT2D eigenvalue weighted by atomic mass is 9.96. The molecule has 0 spiro atoms. The van der Waals surface area contributed by atoms with Crippen LogP contribution in [0.25, 0.3) is 11.1 Å². The van der Waals surface area contributed by atoms with Gasteiger partial charge in [-0.15, -0.1) is 0 Å². The third-order valence-electron chi connectivity index (χ3n) is 3.37. The molecule has 0 heterocycles. The van der Waals surface area contributed by atoms with Gasteiger partial charge >= 0.3 is 0 Å². The van der Waals surface area contributed by atoms with Crippen LogP contribution in [0.5, 0.6) is 0 Å². The van der Waals surface area contributed by atoms with Crippen molar-refractivity contribution in [1.82, 2.24) is 0 Å². The molecule has 21 heavy (non-hydrogen) atoms. The minimum Gasteiger partial charge on any atom is -0.309 e. The Balaban J connectivity index is 2.30. The first-order chi connectivity index (χ1) is 10.1. The fourth-order valence-corrected chi connectivity index (χ4v) is 2.47. The van der Waals surface area contributed by atoms with Crippen LogP contribution in [0.15, 0.2) is 42.5 Å². The Kier molecular flexibility index (Phi) is 5.29. The van der Waals surface area contributed by atoms with Crippen LogP contribution in [-0.4, -0.2) is 12.0 Å². The van der Waals surface area contributed by atoms with Gasteiger partial charge in [0.25, 0.3) is 0 Å². The lowest BCUT2D eigenvalue weighted by Crippen LogP contribution is -2.02. The lowest BCUT2D eigenvalue weighted by Gasteiger charge is -2.09. The van der Waals surface area contributed by atoms with Crippen molar-refractivity contribution in [2.75, 3.05) is 0 Å². The van der Waals surface area contributed by atoms with Crippen molar-refractivity contribution < 1.29 is 4.79 Å². The van der Waals surface area contributed by atoms with Crippen molar-refractivity contribution in [2.24, 2.45) is 0 Å². The highest BCUT2D eigenvalue weighted by Crippen LogP contribution is 2.25. The van der Waals surface area contributed by atoms with E-state index in [4.69, 9.17) is 17.0 Å². The number of carbonyl (C=O) groups is 1. The Hall–Kier alpha value is -1.93. The van der Waals surface area contributed by atoms with Crippen LogP contribution < -0.4 is 0 Å². The fourth-order valence-electron chi connectivity index (χ4n) is 2.35. The quantitative estimate of drug-likeness (QED) is 0.579. The zero-order chi connectivity index (χ0) is 15.2. The predicted molar refractivity (Wildman–Crippen MR) is 88.6 cm³/mol. The molecule has 0 radical (unpaired) electrons. The van der Waals surface area contributed by atoms with Crippen molar-refractivity contribution in [2.45, 2.75) is 26.2 Å². The standard InChI is InChI=1S/C18H18ClNO/c1-2-3-17(20)11-13-4-9-18(15(10-13)12-21)14-5-7-16(19)8-6-14/h4-10,12,20H,2-3,11H2,1H3. The normalized spacial score (nSPS) is 10.4. The molecule has 0 aromatic heterocycles. The zero-order valence-corrected chi connectivity index (χ0v) is 12.8. The number of hydrogen-bond acceptors (Lipinski definition) is 2. The van der Waals surface area contributed by atoms with E-state index in [0.717, 1.165) is 35.8 Å². The smallest absolute Gasteiger partial charge is 0.150 e. The van der Waals surface area contributed by atoms with Crippen molar-refractivity contribution >= 4 is 23.6 Å². The molecular formula is C18H18ClNO. The van der Waals surface area contributed by atoms with Gasteiger partial charge in [0, 0.05) is 22.7 Å². The molecule has 0 bridgehead atoms. The molecule has 2 rings (SSSR count). The number of aldehydes is 1. The fraction of sp³-hybridized carbons (Fsp3) is 0.222. The van der Waals surface area contributed by atoms with Crippen LogP contribution in [-0.2, 0) is 6.42 Å². The van der Waals surface area contributed by atoms with Crippen molar-refractivity contribution in [3.63, 3.8) is 0 Å². The van der Waals surface area contributed by atoms with Crippen LogP contribution in [0.1, 0.15) is 35.7 Å². The molecule has 0 saturated heterocycles. The Labute approximate surface area is 130 Å². The van der Waals surface area contributed by atoms with E-state index in [-0.39, 0.29) is 0 Å². The number of benzene rings is 2. The topological polar surface area (TPSA) is 40.9 Å². The first kappa shape index (κ1) is 15.5. The van der Waals surface area contributed by atoms with E-state index in [0.29, 0.717) is 22.7 Å². The first-order valence-corrected chi connectivity index (χ1v) is 7.42. The van der Waals surface area contributed by atoms with Gasteiger partial charge in [-0.05, 0) is 41.3 Å². The van der Waals surface area contributed by atoms with Gasteiger partial charge < -0.3 is 5.41 Å². The van der Waals surface area contributed by atoms with Crippen LogP contribution >= 0.6 is 11.6 Å². The van der Waals surface area contributed by atoms with Gasteiger partial charge in [0.1, 0.15) is 0 Å². The molecule has 0 saturated carbocycles. The first-order valence-electron chi connectivity index (χ1n) is 7.04. The number of halogens is 1. The zero-order valence-electron chi connectivity index (χ0n) is 12.0. The van der Waals surface area contributed by atoms with Gasteiger partial charge in [0.15, 0.2) is 6.29 Å². The van der Waals surface area contributed by atoms with Gasteiger partial charge in [-0.3, -0.25) is 4.79 Å². The summed E-state index contributed by atoms with van der Waals surface area (Å²) in [6.07, 6.45) is 3.25. The maximum absolute atomic E-state index is 11.4. The largest absolute Gasteiger partial charge is 0.309 e. The molecule has 108 valence electrons. The van der Waals surface area contributed by atoms with Crippen LogP contribution in [0.4, 0.5) is 0 Å². The third kappa shape index (κ3) is 4.02. The van der Waals surface area contributed by atoms with Gasteiger partial charge in [-0.1, -0.05) is 49.2 Å². The Morgan fingerprint density at radius 3 is 2.52 bits per heavy atom. The van der Waals surface area contributed by atoms with Crippen molar-refractivity contribution in [3.05, 3.63) is 58.6 Å².